The van der Waals surface area contributed by atoms with Crippen LogP contribution < -0.4 is 10.6 Å². The van der Waals surface area contributed by atoms with E-state index in [-0.39, 0.29) is 17.4 Å². The predicted octanol–water partition coefficient (Wildman–Crippen LogP) is 3.08. The van der Waals surface area contributed by atoms with Crippen molar-refractivity contribution >= 4 is 11.7 Å². The van der Waals surface area contributed by atoms with Gasteiger partial charge in [0.2, 0.25) is 5.76 Å². The van der Waals surface area contributed by atoms with Crippen molar-refractivity contribution in [3.63, 3.8) is 0 Å². The Morgan fingerprint density at radius 1 is 1.30 bits per heavy atom. The van der Waals surface area contributed by atoms with E-state index in [4.69, 9.17) is 4.42 Å². The average molecular weight is 371 g/mol. The van der Waals surface area contributed by atoms with Gasteiger partial charge in [-0.25, -0.2) is 15.0 Å². The number of hydrogen-bond acceptors (Lipinski definition) is 6. The molecule has 3 rings (SSSR count). The molecule has 0 aromatic carbocycles. The zero-order valence-corrected chi connectivity index (χ0v) is 16.8. The molecule has 0 saturated heterocycles. The number of rotatable bonds is 6. The van der Waals surface area contributed by atoms with E-state index in [0.717, 1.165) is 30.8 Å². The number of aryl methyl sites for hydroxylation is 3. The molecule has 1 atom stereocenters. The number of amides is 1. The summed E-state index contributed by atoms with van der Waals surface area (Å²) >= 11 is 0. The minimum Gasteiger partial charge on any atom is -0.435 e. The summed E-state index contributed by atoms with van der Waals surface area (Å²) in [5.74, 6) is 1.53. The lowest BCUT2D eigenvalue weighted by molar-refractivity contribution is 0.0916. The summed E-state index contributed by atoms with van der Waals surface area (Å²) in [5, 5.41) is 6.54. The molecule has 0 spiro atoms. The molecular formula is C20H29N5O2. The van der Waals surface area contributed by atoms with E-state index < -0.39 is 0 Å². The van der Waals surface area contributed by atoms with Crippen LogP contribution in [-0.4, -0.2) is 33.4 Å². The van der Waals surface area contributed by atoms with Gasteiger partial charge >= 0.3 is 0 Å². The molecular weight excluding hydrogens is 342 g/mol. The second kappa shape index (κ2) is 7.66. The number of carbonyl (C=O) groups is 1. The highest BCUT2D eigenvalue weighted by Gasteiger charge is 2.28. The first-order valence-electron chi connectivity index (χ1n) is 9.63. The molecule has 1 amide bonds. The Morgan fingerprint density at radius 2 is 2.07 bits per heavy atom. The van der Waals surface area contributed by atoms with Gasteiger partial charge in [0.1, 0.15) is 12.1 Å². The third-order valence-corrected chi connectivity index (χ3v) is 5.05. The maximum absolute atomic E-state index is 12.6. The van der Waals surface area contributed by atoms with Crippen molar-refractivity contribution in [2.75, 3.05) is 11.9 Å². The zero-order chi connectivity index (χ0) is 19.6. The molecule has 2 aromatic heterocycles. The van der Waals surface area contributed by atoms with Crippen molar-refractivity contribution < 1.29 is 9.21 Å². The predicted molar refractivity (Wildman–Crippen MR) is 104 cm³/mol. The Morgan fingerprint density at radius 3 is 2.74 bits per heavy atom. The van der Waals surface area contributed by atoms with E-state index in [1.807, 2.05) is 6.92 Å². The van der Waals surface area contributed by atoms with Crippen LogP contribution in [-0.2, 0) is 19.3 Å². The molecule has 27 heavy (non-hydrogen) atoms. The van der Waals surface area contributed by atoms with E-state index in [2.05, 4.69) is 46.4 Å². The molecule has 0 bridgehead atoms. The molecule has 0 radical (unpaired) electrons. The Labute approximate surface area is 160 Å². The van der Waals surface area contributed by atoms with Crippen LogP contribution in [0.2, 0.25) is 0 Å². The smallest absolute Gasteiger partial charge is 0.289 e. The minimum absolute atomic E-state index is 0.00919. The van der Waals surface area contributed by atoms with E-state index in [9.17, 15) is 4.79 Å². The summed E-state index contributed by atoms with van der Waals surface area (Å²) in [6.07, 6.45) is 5.41. The summed E-state index contributed by atoms with van der Waals surface area (Å²) in [5.41, 5.74) is 2.89. The number of carbonyl (C=O) groups excluding carboxylic acids is 1. The lowest BCUT2D eigenvalue weighted by atomic mass is 9.86. The lowest BCUT2D eigenvalue weighted by Gasteiger charge is -2.32. The first kappa shape index (κ1) is 19.3. The van der Waals surface area contributed by atoms with Crippen LogP contribution >= 0.6 is 0 Å². The van der Waals surface area contributed by atoms with Crippen molar-refractivity contribution in [1.82, 2.24) is 20.3 Å². The molecule has 7 nitrogen and oxygen atoms in total. The number of aromatic nitrogens is 3. The molecule has 1 aliphatic rings. The second-order valence-electron chi connectivity index (χ2n) is 8.15. The van der Waals surface area contributed by atoms with E-state index in [0.29, 0.717) is 30.3 Å². The summed E-state index contributed by atoms with van der Waals surface area (Å²) in [6, 6.07) is 0.00919. The zero-order valence-electron chi connectivity index (χ0n) is 16.8. The third kappa shape index (κ3) is 4.28. The Bertz CT molecular complexity index is 822. The van der Waals surface area contributed by atoms with Gasteiger partial charge in [-0.1, -0.05) is 27.7 Å². The number of anilines is 1. The molecule has 2 N–H and O–H groups in total. The van der Waals surface area contributed by atoms with Crippen LogP contribution in [0, 0.1) is 12.3 Å². The number of oxazole rings is 1. The topological polar surface area (TPSA) is 92.9 Å². The van der Waals surface area contributed by atoms with Crippen LogP contribution in [0.4, 0.5) is 5.82 Å². The minimum atomic E-state index is -0.233. The highest BCUT2D eigenvalue weighted by atomic mass is 16.4. The van der Waals surface area contributed by atoms with Gasteiger partial charge < -0.3 is 15.1 Å². The van der Waals surface area contributed by atoms with E-state index in [1.54, 1.807) is 13.3 Å². The van der Waals surface area contributed by atoms with Crippen molar-refractivity contribution in [3.8, 4) is 0 Å². The van der Waals surface area contributed by atoms with Gasteiger partial charge in [0.25, 0.3) is 5.91 Å². The highest BCUT2D eigenvalue weighted by Crippen LogP contribution is 2.28. The van der Waals surface area contributed by atoms with Gasteiger partial charge in [0.15, 0.2) is 5.89 Å². The van der Waals surface area contributed by atoms with Crippen LogP contribution in [0.3, 0.4) is 0 Å². The lowest BCUT2D eigenvalue weighted by Crippen LogP contribution is -2.44. The first-order valence-corrected chi connectivity index (χ1v) is 9.63. The number of fused-ring (bicyclic) bond motifs is 1. The fraction of sp³-hybridized carbons (Fsp3) is 0.600. The van der Waals surface area contributed by atoms with Gasteiger partial charge in [-0.15, -0.1) is 0 Å². The van der Waals surface area contributed by atoms with Crippen molar-refractivity contribution in [2.24, 2.45) is 5.41 Å². The molecule has 2 aromatic rings. The standard InChI is InChI=1S/C20H29N5O2/c1-6-16-24-12(2)17(27-16)19(26)21-10-15(20(3,4)5)25-18-13-8-7-9-14(13)22-11-23-18/h11,15H,6-10H2,1-5H3,(H,21,26)(H,22,23,25). The molecule has 0 saturated carbocycles. The Balaban J connectivity index is 1.72. The molecule has 146 valence electrons. The SMILES string of the molecule is CCc1nc(C)c(C(=O)NCC(Nc2ncnc3c2CCC3)C(C)(C)C)o1. The van der Waals surface area contributed by atoms with Crippen molar-refractivity contribution in [2.45, 2.75) is 66.3 Å². The number of nitrogens with zero attached hydrogens (tertiary/aromatic N) is 3. The molecule has 1 unspecified atom stereocenters. The van der Waals surface area contributed by atoms with Crippen LogP contribution in [0.5, 0.6) is 0 Å². The van der Waals surface area contributed by atoms with Crippen molar-refractivity contribution in [1.29, 1.82) is 0 Å². The Hall–Kier alpha value is -2.44. The van der Waals surface area contributed by atoms with Gasteiger partial charge in [-0.2, -0.15) is 0 Å². The third-order valence-electron chi connectivity index (χ3n) is 5.05. The number of nitrogens with one attached hydrogen (secondary N) is 2. The molecule has 0 fully saturated rings. The monoisotopic (exact) mass is 371 g/mol. The molecule has 0 aliphatic heterocycles. The Kier molecular flexibility index (Phi) is 5.48. The molecule has 2 heterocycles. The van der Waals surface area contributed by atoms with Crippen LogP contribution in [0.15, 0.2) is 10.7 Å². The normalized spacial score (nSPS) is 14.7. The summed E-state index contributed by atoms with van der Waals surface area (Å²) < 4.78 is 5.56. The van der Waals surface area contributed by atoms with Gasteiger partial charge in [0, 0.05) is 30.3 Å². The van der Waals surface area contributed by atoms with Gasteiger partial charge in [0.05, 0.1) is 5.69 Å². The summed E-state index contributed by atoms with van der Waals surface area (Å²) in [4.78, 5) is 25.7. The largest absolute Gasteiger partial charge is 0.435 e. The number of hydrogen-bond donors (Lipinski definition) is 2. The first-order chi connectivity index (χ1) is 12.8. The van der Waals surface area contributed by atoms with Crippen LogP contribution in [0.1, 0.15) is 67.5 Å². The van der Waals surface area contributed by atoms with E-state index in [1.165, 1.54) is 5.56 Å². The maximum Gasteiger partial charge on any atom is 0.289 e. The van der Waals surface area contributed by atoms with Crippen LogP contribution in [0.25, 0.3) is 0 Å². The second-order valence-corrected chi connectivity index (χ2v) is 8.15. The highest BCUT2D eigenvalue weighted by molar-refractivity contribution is 5.92. The molecule has 7 heteroatoms. The van der Waals surface area contributed by atoms with Gasteiger partial charge in [-0.05, 0) is 31.6 Å². The fourth-order valence-electron chi connectivity index (χ4n) is 3.31. The average Bonchev–Trinajstić information content (AvgIpc) is 3.23. The molecule has 1 aliphatic carbocycles. The van der Waals surface area contributed by atoms with E-state index >= 15 is 0 Å². The quantitative estimate of drug-likeness (QED) is 0.811. The summed E-state index contributed by atoms with van der Waals surface area (Å²) in [7, 11) is 0. The fourth-order valence-corrected chi connectivity index (χ4v) is 3.31. The van der Waals surface area contributed by atoms with Crippen molar-refractivity contribution in [3.05, 3.63) is 34.9 Å². The summed E-state index contributed by atoms with van der Waals surface area (Å²) in [6.45, 7) is 10.6. The van der Waals surface area contributed by atoms with Gasteiger partial charge in [-0.3, -0.25) is 4.79 Å². The maximum atomic E-state index is 12.6.